The molecule has 0 N–H and O–H groups in total. The lowest BCUT2D eigenvalue weighted by atomic mass is 9.98. The van der Waals surface area contributed by atoms with Crippen molar-refractivity contribution in [2.24, 2.45) is 0 Å². The van der Waals surface area contributed by atoms with E-state index in [-0.39, 0.29) is 6.10 Å². The van der Waals surface area contributed by atoms with Crippen molar-refractivity contribution in [3.05, 3.63) is 89.0 Å². The Balaban J connectivity index is 1.84. The van der Waals surface area contributed by atoms with E-state index in [0.29, 0.717) is 0 Å². The predicted molar refractivity (Wildman–Crippen MR) is 125 cm³/mol. The quantitative estimate of drug-likeness (QED) is 0.302. The smallest absolute Gasteiger partial charge is 0.416 e. The van der Waals surface area contributed by atoms with E-state index in [0.717, 1.165) is 58.5 Å². The molecule has 0 radical (unpaired) electrons. The zero-order valence-electron chi connectivity index (χ0n) is 19.0. The van der Waals surface area contributed by atoms with Gasteiger partial charge in [-0.2, -0.15) is 13.2 Å². The number of hydrogen-bond donors (Lipinski definition) is 0. The number of halogens is 3. The van der Waals surface area contributed by atoms with E-state index in [1.165, 1.54) is 31.4 Å². The highest BCUT2D eigenvalue weighted by Crippen LogP contribution is 2.36. The van der Waals surface area contributed by atoms with E-state index >= 15 is 0 Å². The molecular formula is C28H31F3O. The van der Waals surface area contributed by atoms with Gasteiger partial charge in [0.2, 0.25) is 0 Å². The molecule has 3 rings (SSSR count). The Kier molecular flexibility index (Phi) is 8.00. The minimum absolute atomic E-state index is 0.0256. The molecule has 170 valence electrons. The number of hydrogen-bond acceptors (Lipinski definition) is 1. The van der Waals surface area contributed by atoms with Crippen molar-refractivity contribution in [1.82, 2.24) is 0 Å². The molecular weight excluding hydrogens is 409 g/mol. The first-order chi connectivity index (χ1) is 15.3. The van der Waals surface area contributed by atoms with Gasteiger partial charge >= 0.3 is 6.18 Å². The number of rotatable bonds is 9. The SMILES string of the molecule is CCCCCCC(Oc1c(C)cc(-c2ccc(C(F)(F)F)cc2)cc1C)c1ccccc1. The Morgan fingerprint density at radius 3 is 1.97 bits per heavy atom. The summed E-state index contributed by atoms with van der Waals surface area (Å²) >= 11 is 0. The topological polar surface area (TPSA) is 9.23 Å². The second-order valence-corrected chi connectivity index (χ2v) is 8.38. The summed E-state index contributed by atoms with van der Waals surface area (Å²) in [6, 6.07) is 19.6. The minimum Gasteiger partial charge on any atom is -0.485 e. The fourth-order valence-corrected chi connectivity index (χ4v) is 4.01. The van der Waals surface area contributed by atoms with Crippen LogP contribution < -0.4 is 4.74 Å². The minimum atomic E-state index is -4.33. The molecule has 0 heterocycles. The summed E-state index contributed by atoms with van der Waals surface area (Å²) in [5.74, 6) is 0.852. The van der Waals surface area contributed by atoms with Gasteiger partial charge in [0.25, 0.3) is 0 Å². The Bertz CT molecular complexity index is 968. The largest absolute Gasteiger partial charge is 0.485 e. The zero-order chi connectivity index (χ0) is 23.1. The molecule has 0 bridgehead atoms. The summed E-state index contributed by atoms with van der Waals surface area (Å²) in [7, 11) is 0. The third-order valence-electron chi connectivity index (χ3n) is 5.76. The van der Waals surface area contributed by atoms with Crippen LogP contribution in [0.4, 0.5) is 13.2 Å². The molecule has 0 saturated carbocycles. The number of unbranched alkanes of at least 4 members (excludes halogenated alkanes) is 3. The van der Waals surface area contributed by atoms with Crippen LogP contribution in [0.5, 0.6) is 5.75 Å². The molecule has 1 nitrogen and oxygen atoms in total. The Morgan fingerprint density at radius 2 is 1.41 bits per heavy atom. The molecule has 0 saturated heterocycles. The number of alkyl halides is 3. The van der Waals surface area contributed by atoms with Gasteiger partial charge in [0.05, 0.1) is 5.56 Å². The molecule has 3 aromatic rings. The van der Waals surface area contributed by atoms with Crippen molar-refractivity contribution < 1.29 is 17.9 Å². The van der Waals surface area contributed by atoms with Crippen LogP contribution in [0.1, 0.15) is 67.4 Å². The summed E-state index contributed by atoms with van der Waals surface area (Å²) in [5.41, 5.74) is 4.14. The number of aryl methyl sites for hydroxylation is 2. The number of benzene rings is 3. The van der Waals surface area contributed by atoms with Gasteiger partial charge in [0.15, 0.2) is 0 Å². The van der Waals surface area contributed by atoms with Crippen LogP contribution in [0.15, 0.2) is 66.7 Å². The van der Waals surface area contributed by atoms with E-state index < -0.39 is 11.7 Å². The van der Waals surface area contributed by atoms with Gasteiger partial charge in [0, 0.05) is 0 Å². The summed E-state index contributed by atoms with van der Waals surface area (Å²) in [6.07, 6.45) is 1.31. The van der Waals surface area contributed by atoms with Gasteiger partial charge in [-0.1, -0.05) is 68.7 Å². The van der Waals surface area contributed by atoms with Crippen LogP contribution in [0.2, 0.25) is 0 Å². The highest BCUT2D eigenvalue weighted by atomic mass is 19.4. The zero-order valence-corrected chi connectivity index (χ0v) is 19.0. The van der Waals surface area contributed by atoms with Gasteiger partial charge in [-0.25, -0.2) is 0 Å². The van der Waals surface area contributed by atoms with E-state index in [4.69, 9.17) is 4.74 Å². The molecule has 0 aromatic heterocycles. The van der Waals surface area contributed by atoms with Crippen molar-refractivity contribution in [2.75, 3.05) is 0 Å². The first-order valence-corrected chi connectivity index (χ1v) is 11.3. The molecule has 0 aliphatic carbocycles. The summed E-state index contributed by atoms with van der Waals surface area (Å²) in [5, 5.41) is 0. The first kappa shape index (κ1) is 23.9. The van der Waals surface area contributed by atoms with Crippen LogP contribution in [0.25, 0.3) is 11.1 Å². The molecule has 0 aliphatic rings. The number of ether oxygens (including phenoxy) is 1. The standard InChI is InChI=1S/C28H31F3O/c1-4-5-6-10-13-26(23-11-8-7-9-12-23)32-27-20(2)18-24(19-21(27)3)22-14-16-25(17-15-22)28(29,30)31/h7-9,11-12,14-19,26H,4-6,10,13H2,1-3H3. The van der Waals surface area contributed by atoms with E-state index in [2.05, 4.69) is 19.1 Å². The first-order valence-electron chi connectivity index (χ1n) is 11.3. The highest BCUT2D eigenvalue weighted by molar-refractivity contribution is 5.67. The van der Waals surface area contributed by atoms with Crippen LogP contribution >= 0.6 is 0 Å². The molecule has 0 amide bonds. The average molecular weight is 441 g/mol. The summed E-state index contributed by atoms with van der Waals surface area (Å²) in [4.78, 5) is 0. The Morgan fingerprint density at radius 1 is 0.781 bits per heavy atom. The lowest BCUT2D eigenvalue weighted by Gasteiger charge is -2.23. The predicted octanol–water partition coefficient (Wildman–Crippen LogP) is 9.08. The fraction of sp³-hybridized carbons (Fsp3) is 0.357. The summed E-state index contributed by atoms with van der Waals surface area (Å²) in [6.45, 7) is 6.19. The van der Waals surface area contributed by atoms with Crippen molar-refractivity contribution in [1.29, 1.82) is 0 Å². The lowest BCUT2D eigenvalue weighted by Crippen LogP contribution is -2.10. The Hall–Kier alpha value is -2.75. The molecule has 1 unspecified atom stereocenters. The van der Waals surface area contributed by atoms with E-state index in [9.17, 15) is 13.2 Å². The van der Waals surface area contributed by atoms with E-state index in [1.54, 1.807) is 0 Å². The molecule has 0 spiro atoms. The van der Waals surface area contributed by atoms with Crippen molar-refractivity contribution >= 4 is 0 Å². The third kappa shape index (κ3) is 6.15. The second-order valence-electron chi connectivity index (χ2n) is 8.38. The molecule has 4 heteroatoms. The van der Waals surface area contributed by atoms with Crippen molar-refractivity contribution in [2.45, 2.75) is 65.2 Å². The van der Waals surface area contributed by atoms with Crippen LogP contribution in [-0.4, -0.2) is 0 Å². The maximum atomic E-state index is 12.9. The monoisotopic (exact) mass is 440 g/mol. The molecule has 0 fully saturated rings. The van der Waals surface area contributed by atoms with Gasteiger partial charge in [-0.15, -0.1) is 0 Å². The molecule has 0 aliphatic heterocycles. The second kappa shape index (κ2) is 10.7. The van der Waals surface area contributed by atoms with Gasteiger partial charge in [-0.05, 0) is 78.8 Å². The normalized spacial score (nSPS) is 12.6. The van der Waals surface area contributed by atoms with E-state index in [1.807, 2.05) is 44.2 Å². The maximum absolute atomic E-state index is 12.9. The lowest BCUT2D eigenvalue weighted by molar-refractivity contribution is -0.137. The Labute approximate surface area is 189 Å². The fourth-order valence-electron chi connectivity index (χ4n) is 4.01. The molecule has 32 heavy (non-hydrogen) atoms. The van der Waals surface area contributed by atoms with Crippen molar-refractivity contribution in [3.63, 3.8) is 0 Å². The summed E-state index contributed by atoms with van der Waals surface area (Å²) < 4.78 is 45.2. The van der Waals surface area contributed by atoms with Gasteiger partial charge in [0.1, 0.15) is 11.9 Å². The van der Waals surface area contributed by atoms with Gasteiger partial charge in [-0.3, -0.25) is 0 Å². The van der Waals surface area contributed by atoms with Crippen LogP contribution in [0, 0.1) is 13.8 Å². The maximum Gasteiger partial charge on any atom is 0.416 e. The average Bonchev–Trinajstić information content (AvgIpc) is 2.77. The van der Waals surface area contributed by atoms with Gasteiger partial charge < -0.3 is 4.74 Å². The molecule has 3 aromatic carbocycles. The van der Waals surface area contributed by atoms with Crippen LogP contribution in [0.3, 0.4) is 0 Å². The molecule has 1 atom stereocenters. The third-order valence-corrected chi connectivity index (χ3v) is 5.76. The van der Waals surface area contributed by atoms with Crippen LogP contribution in [-0.2, 0) is 6.18 Å². The highest BCUT2D eigenvalue weighted by Gasteiger charge is 2.30. The van der Waals surface area contributed by atoms with Crippen molar-refractivity contribution in [3.8, 4) is 16.9 Å².